The maximum Gasteiger partial charge on any atom is 0.123 e. The normalized spacial score (nSPS) is 15.6. The summed E-state index contributed by atoms with van der Waals surface area (Å²) in [6, 6.07) is 15.3. The Morgan fingerprint density at radius 1 is 1.12 bits per heavy atom. The molecule has 1 fully saturated rings. The molecule has 0 atom stereocenters. The van der Waals surface area contributed by atoms with E-state index in [1.54, 1.807) is 12.1 Å². The lowest BCUT2D eigenvalue weighted by molar-refractivity contribution is 0.280. The molecule has 2 aromatic carbocycles. The number of hydrogen-bond acceptors (Lipinski definition) is 2. The number of benzene rings is 2. The van der Waals surface area contributed by atoms with Crippen LogP contribution in [0.1, 0.15) is 30.4 Å². The summed E-state index contributed by atoms with van der Waals surface area (Å²) in [5, 5.41) is 14.0. The largest absolute Gasteiger partial charge is 0.396 e. The lowest BCUT2D eigenvalue weighted by atomic mass is 10.0. The Labute approximate surface area is 147 Å². The van der Waals surface area contributed by atoms with Gasteiger partial charge in [0.2, 0.25) is 0 Å². The predicted molar refractivity (Wildman–Crippen MR) is 97.8 cm³/mol. The van der Waals surface area contributed by atoms with Gasteiger partial charge in [-0.3, -0.25) is 0 Å². The van der Waals surface area contributed by atoms with Gasteiger partial charge in [0.1, 0.15) is 5.82 Å². The van der Waals surface area contributed by atoms with Crippen LogP contribution in [0.2, 0.25) is 0 Å². The molecule has 1 aliphatic rings. The first kappa shape index (κ1) is 16.3. The van der Waals surface area contributed by atoms with E-state index in [1.807, 2.05) is 12.1 Å². The van der Waals surface area contributed by atoms with E-state index < -0.39 is 0 Å². The van der Waals surface area contributed by atoms with Crippen molar-refractivity contribution in [3.63, 3.8) is 0 Å². The van der Waals surface area contributed by atoms with Crippen molar-refractivity contribution in [2.75, 3.05) is 6.61 Å². The van der Waals surface area contributed by atoms with Crippen LogP contribution < -0.4 is 5.32 Å². The molecule has 3 aromatic rings. The third-order valence-corrected chi connectivity index (χ3v) is 5.17. The first-order valence-electron chi connectivity index (χ1n) is 8.90. The number of aliphatic hydroxyl groups is 1. The van der Waals surface area contributed by atoms with E-state index in [0.717, 1.165) is 37.9 Å². The van der Waals surface area contributed by atoms with Crippen LogP contribution in [0.25, 0.3) is 10.9 Å². The van der Waals surface area contributed by atoms with Crippen molar-refractivity contribution in [3.05, 3.63) is 71.7 Å². The molecular formula is C21H23FN2O. The average molecular weight is 338 g/mol. The standard InChI is InChI=1S/C21H23FN2O/c22-18-6-3-5-17(13-18)21(9-10-21)23-14-16-15-24(11-4-12-25)20-8-2-1-7-19(16)20/h1-3,5-8,13,15,23,25H,4,9-12,14H2. The number of nitrogens with one attached hydrogen (secondary N) is 1. The molecule has 4 heteroatoms. The first-order chi connectivity index (χ1) is 12.2. The lowest BCUT2D eigenvalue weighted by Gasteiger charge is -2.18. The van der Waals surface area contributed by atoms with E-state index >= 15 is 0 Å². The number of hydrogen-bond donors (Lipinski definition) is 2. The molecule has 3 nitrogen and oxygen atoms in total. The van der Waals surface area contributed by atoms with Gasteiger partial charge in [0.05, 0.1) is 0 Å². The molecule has 1 aliphatic carbocycles. The van der Waals surface area contributed by atoms with Crippen molar-refractivity contribution >= 4 is 10.9 Å². The van der Waals surface area contributed by atoms with Crippen LogP contribution >= 0.6 is 0 Å². The van der Waals surface area contributed by atoms with Crippen molar-refractivity contribution < 1.29 is 9.50 Å². The van der Waals surface area contributed by atoms with Crippen LogP contribution in [-0.4, -0.2) is 16.3 Å². The quantitative estimate of drug-likeness (QED) is 0.685. The molecule has 0 spiro atoms. The minimum atomic E-state index is -0.175. The monoisotopic (exact) mass is 338 g/mol. The molecule has 0 bridgehead atoms. The summed E-state index contributed by atoms with van der Waals surface area (Å²) < 4.78 is 15.8. The van der Waals surface area contributed by atoms with Crippen molar-refractivity contribution in [2.24, 2.45) is 0 Å². The van der Waals surface area contributed by atoms with Crippen molar-refractivity contribution in [3.8, 4) is 0 Å². The number of para-hydroxylation sites is 1. The van der Waals surface area contributed by atoms with Gasteiger partial charge < -0.3 is 15.0 Å². The highest BCUT2D eigenvalue weighted by Crippen LogP contribution is 2.46. The highest BCUT2D eigenvalue weighted by molar-refractivity contribution is 5.84. The predicted octanol–water partition coefficient (Wildman–Crippen LogP) is 3.94. The fraction of sp³-hybridized carbons (Fsp3) is 0.333. The molecule has 0 aliphatic heterocycles. The third-order valence-electron chi connectivity index (χ3n) is 5.17. The van der Waals surface area contributed by atoms with Gasteiger partial charge >= 0.3 is 0 Å². The first-order valence-corrected chi connectivity index (χ1v) is 8.90. The van der Waals surface area contributed by atoms with Crippen LogP contribution in [0.5, 0.6) is 0 Å². The summed E-state index contributed by atoms with van der Waals surface area (Å²) in [5.41, 5.74) is 3.40. The van der Waals surface area contributed by atoms with Crippen molar-refractivity contribution in [1.82, 2.24) is 9.88 Å². The van der Waals surface area contributed by atoms with Gasteiger partial charge in [-0.15, -0.1) is 0 Å². The topological polar surface area (TPSA) is 37.2 Å². The zero-order valence-electron chi connectivity index (χ0n) is 14.2. The SMILES string of the molecule is OCCCn1cc(CNC2(c3cccc(F)c3)CC2)c2ccccc21. The maximum absolute atomic E-state index is 13.6. The average Bonchev–Trinajstić information content (AvgIpc) is 3.35. The number of aromatic nitrogens is 1. The summed E-state index contributed by atoms with van der Waals surface area (Å²) in [7, 11) is 0. The molecule has 2 N–H and O–H groups in total. The van der Waals surface area contributed by atoms with E-state index in [9.17, 15) is 4.39 Å². The van der Waals surface area contributed by atoms with Gasteiger partial charge in [-0.05, 0) is 48.6 Å². The van der Waals surface area contributed by atoms with Gasteiger partial charge in [-0.25, -0.2) is 4.39 Å². The Morgan fingerprint density at radius 3 is 2.72 bits per heavy atom. The second-order valence-electron chi connectivity index (χ2n) is 6.89. The molecule has 25 heavy (non-hydrogen) atoms. The molecule has 130 valence electrons. The Balaban J connectivity index is 1.57. The Bertz CT molecular complexity index is 882. The number of aryl methyl sites for hydroxylation is 1. The smallest absolute Gasteiger partial charge is 0.123 e. The third kappa shape index (κ3) is 3.20. The molecular weight excluding hydrogens is 315 g/mol. The summed E-state index contributed by atoms with van der Waals surface area (Å²) >= 11 is 0. The van der Waals surface area contributed by atoms with Crippen LogP contribution in [-0.2, 0) is 18.6 Å². The van der Waals surface area contributed by atoms with Gasteiger partial charge in [0.25, 0.3) is 0 Å². The van der Waals surface area contributed by atoms with Gasteiger partial charge in [-0.2, -0.15) is 0 Å². The van der Waals surface area contributed by atoms with E-state index in [0.29, 0.717) is 0 Å². The van der Waals surface area contributed by atoms with E-state index in [-0.39, 0.29) is 18.0 Å². The summed E-state index contributed by atoms with van der Waals surface area (Å²) in [6.45, 7) is 1.76. The summed E-state index contributed by atoms with van der Waals surface area (Å²) in [6.07, 6.45) is 5.01. The second-order valence-corrected chi connectivity index (χ2v) is 6.89. The van der Waals surface area contributed by atoms with Gasteiger partial charge in [-0.1, -0.05) is 30.3 Å². The zero-order chi connectivity index (χ0) is 17.3. The van der Waals surface area contributed by atoms with Gasteiger partial charge in [0.15, 0.2) is 0 Å². The van der Waals surface area contributed by atoms with Crippen molar-refractivity contribution in [1.29, 1.82) is 0 Å². The fourth-order valence-electron chi connectivity index (χ4n) is 3.63. The minimum Gasteiger partial charge on any atom is -0.396 e. The zero-order valence-corrected chi connectivity index (χ0v) is 14.2. The molecule has 1 saturated carbocycles. The molecule has 1 aromatic heterocycles. The number of nitrogens with zero attached hydrogens (tertiary/aromatic N) is 1. The fourth-order valence-corrected chi connectivity index (χ4v) is 3.63. The number of rotatable bonds is 7. The molecule has 0 amide bonds. The summed E-state index contributed by atoms with van der Waals surface area (Å²) in [4.78, 5) is 0. The van der Waals surface area contributed by atoms with Gasteiger partial charge in [0, 0.05) is 42.3 Å². The number of aliphatic hydroxyl groups excluding tert-OH is 1. The molecule has 0 unspecified atom stereocenters. The Morgan fingerprint density at radius 2 is 1.96 bits per heavy atom. The number of fused-ring (bicyclic) bond motifs is 1. The van der Waals surface area contributed by atoms with Crippen LogP contribution in [0.3, 0.4) is 0 Å². The summed E-state index contributed by atoms with van der Waals surface area (Å²) in [5.74, 6) is -0.175. The highest BCUT2D eigenvalue weighted by Gasteiger charge is 2.43. The van der Waals surface area contributed by atoms with Crippen molar-refractivity contribution in [2.45, 2.75) is 37.9 Å². The number of halogens is 1. The molecule has 0 radical (unpaired) electrons. The molecule has 1 heterocycles. The Hall–Kier alpha value is -2.17. The molecule has 0 saturated heterocycles. The minimum absolute atomic E-state index is 0.0869. The van der Waals surface area contributed by atoms with E-state index in [2.05, 4.69) is 34.3 Å². The van der Waals surface area contributed by atoms with E-state index in [1.165, 1.54) is 22.5 Å². The van der Waals surface area contributed by atoms with Crippen LogP contribution in [0.4, 0.5) is 4.39 Å². The van der Waals surface area contributed by atoms with Crippen LogP contribution in [0.15, 0.2) is 54.7 Å². The second kappa shape index (κ2) is 6.62. The van der Waals surface area contributed by atoms with E-state index in [4.69, 9.17) is 5.11 Å². The Kier molecular flexibility index (Phi) is 4.32. The van der Waals surface area contributed by atoms with Crippen LogP contribution in [0, 0.1) is 5.82 Å². The molecule has 4 rings (SSSR count). The highest BCUT2D eigenvalue weighted by atomic mass is 19.1. The maximum atomic E-state index is 13.6. The lowest BCUT2D eigenvalue weighted by Crippen LogP contribution is -2.28.